The number of carbonyl (C=O) groups excluding carboxylic acids is 1. The number of pyridine rings is 1. The van der Waals surface area contributed by atoms with Gasteiger partial charge in [-0.3, -0.25) is 9.89 Å². The van der Waals surface area contributed by atoms with E-state index < -0.39 is 18.5 Å². The maximum atomic E-state index is 14.5. The average molecular weight is 621 g/mol. The molecule has 5 rings (SSSR count). The molecule has 1 amide bonds. The second kappa shape index (κ2) is 13.7. The highest BCUT2D eigenvalue weighted by atomic mass is 19.4. The number of carbonyl (C=O) groups is 1. The molecule has 0 unspecified atom stereocenters. The van der Waals surface area contributed by atoms with Crippen LogP contribution in [0.25, 0.3) is 22.0 Å². The minimum Gasteiger partial charge on any atom is -0.477 e. The lowest BCUT2D eigenvalue weighted by atomic mass is 9.82. The number of hydrogen-bond donors (Lipinski definition) is 1. The summed E-state index contributed by atoms with van der Waals surface area (Å²) >= 11 is 0. The predicted molar refractivity (Wildman–Crippen MR) is 167 cm³/mol. The van der Waals surface area contributed by atoms with Crippen molar-refractivity contribution in [2.45, 2.75) is 51.1 Å². The fourth-order valence-corrected chi connectivity index (χ4v) is 5.98. The van der Waals surface area contributed by atoms with Crippen LogP contribution in [0.1, 0.15) is 61.6 Å². The molecule has 10 heteroatoms. The van der Waals surface area contributed by atoms with Crippen LogP contribution >= 0.6 is 0 Å². The number of nitrogens with zero attached hydrogens (tertiary/aromatic N) is 3. The second-order valence-corrected chi connectivity index (χ2v) is 11.8. The number of H-pyrrole nitrogens is 1. The van der Waals surface area contributed by atoms with Crippen molar-refractivity contribution in [3.63, 3.8) is 0 Å². The van der Waals surface area contributed by atoms with Gasteiger partial charge in [0, 0.05) is 37.3 Å². The molecule has 1 aliphatic rings. The zero-order valence-corrected chi connectivity index (χ0v) is 25.3. The van der Waals surface area contributed by atoms with Gasteiger partial charge in [-0.1, -0.05) is 55.3 Å². The number of ether oxygens (including phenoxy) is 1. The van der Waals surface area contributed by atoms with Crippen LogP contribution in [0.3, 0.4) is 0 Å². The van der Waals surface area contributed by atoms with E-state index in [9.17, 15) is 22.4 Å². The molecule has 1 N–H and O–H groups in total. The van der Waals surface area contributed by atoms with Gasteiger partial charge in [-0.15, -0.1) is 0 Å². The van der Waals surface area contributed by atoms with Crippen LogP contribution in [0.2, 0.25) is 0 Å². The lowest BCUT2D eigenvalue weighted by molar-refractivity contribution is -0.124. The zero-order chi connectivity index (χ0) is 32.0. The van der Waals surface area contributed by atoms with Crippen molar-refractivity contribution in [2.75, 3.05) is 20.7 Å². The molecule has 2 aromatic carbocycles. The molecule has 0 radical (unpaired) electrons. The van der Waals surface area contributed by atoms with Crippen LogP contribution in [-0.4, -0.2) is 52.9 Å². The first kappa shape index (κ1) is 31.9. The number of aromatic nitrogens is 3. The van der Waals surface area contributed by atoms with E-state index in [1.807, 2.05) is 6.08 Å². The summed E-state index contributed by atoms with van der Waals surface area (Å²) in [7, 11) is 3.43. The molecule has 236 valence electrons. The van der Waals surface area contributed by atoms with E-state index in [4.69, 9.17) is 4.74 Å². The monoisotopic (exact) mass is 620 g/mol. The van der Waals surface area contributed by atoms with Crippen molar-refractivity contribution in [1.29, 1.82) is 0 Å². The van der Waals surface area contributed by atoms with Gasteiger partial charge in [-0.05, 0) is 72.2 Å². The Balaban J connectivity index is 1.45. The quantitative estimate of drug-likeness (QED) is 0.104. The summed E-state index contributed by atoms with van der Waals surface area (Å²) in [6.45, 7) is 0.456. The summed E-state index contributed by atoms with van der Waals surface area (Å²) < 4.78 is 62.7. The third kappa shape index (κ3) is 7.98. The van der Waals surface area contributed by atoms with Crippen LogP contribution < -0.4 is 4.74 Å². The molecule has 0 bridgehead atoms. The van der Waals surface area contributed by atoms with E-state index in [0.29, 0.717) is 40.3 Å². The Morgan fingerprint density at radius 3 is 2.42 bits per heavy atom. The van der Waals surface area contributed by atoms with Gasteiger partial charge in [0.25, 0.3) is 0 Å². The summed E-state index contributed by atoms with van der Waals surface area (Å²) in [6.07, 6.45) is 5.19. The number of rotatable bonds is 11. The summed E-state index contributed by atoms with van der Waals surface area (Å²) in [5.41, 5.74) is 1.94. The average Bonchev–Trinajstić information content (AvgIpc) is 3.65. The second-order valence-electron chi connectivity index (χ2n) is 11.8. The van der Waals surface area contributed by atoms with Gasteiger partial charge in [0.15, 0.2) is 0 Å². The first-order valence-electron chi connectivity index (χ1n) is 15.0. The molecule has 0 aliphatic heterocycles. The van der Waals surface area contributed by atoms with Crippen molar-refractivity contribution in [3.05, 3.63) is 102 Å². The van der Waals surface area contributed by atoms with E-state index in [1.165, 1.54) is 17.2 Å². The fourth-order valence-electron chi connectivity index (χ4n) is 5.98. The largest absolute Gasteiger partial charge is 0.477 e. The molecule has 2 aromatic heterocycles. The van der Waals surface area contributed by atoms with Crippen LogP contribution in [0, 0.1) is 11.4 Å². The number of alkyl halides is 3. The van der Waals surface area contributed by atoms with Crippen molar-refractivity contribution < 1.29 is 27.1 Å². The van der Waals surface area contributed by atoms with Crippen molar-refractivity contribution in [3.8, 4) is 5.88 Å². The smallest absolute Gasteiger partial charge is 0.393 e. The highest BCUT2D eigenvalue weighted by molar-refractivity contribution is 6.00. The molecule has 1 fully saturated rings. The van der Waals surface area contributed by atoms with Gasteiger partial charge < -0.3 is 9.64 Å². The van der Waals surface area contributed by atoms with Crippen molar-refractivity contribution in [1.82, 2.24) is 20.1 Å². The Morgan fingerprint density at radius 1 is 1.02 bits per heavy atom. The Bertz CT molecular complexity index is 1670. The Morgan fingerprint density at radius 2 is 1.76 bits per heavy atom. The van der Waals surface area contributed by atoms with Gasteiger partial charge >= 0.3 is 6.18 Å². The Labute approximate surface area is 259 Å². The molecule has 6 nitrogen and oxygen atoms in total. The fraction of sp³-hybridized carbons (Fsp3) is 0.343. The minimum absolute atomic E-state index is 0.0335. The van der Waals surface area contributed by atoms with Gasteiger partial charge in [0.05, 0.1) is 23.9 Å². The topological polar surface area (TPSA) is 71.1 Å². The number of nitrogens with one attached hydrogen (secondary N) is 1. The molecule has 0 atom stereocenters. The van der Waals surface area contributed by atoms with E-state index in [2.05, 4.69) is 15.2 Å². The summed E-state index contributed by atoms with van der Waals surface area (Å²) in [5.74, 6) is -0.341. The van der Waals surface area contributed by atoms with Gasteiger partial charge in [-0.2, -0.15) is 22.7 Å². The Hall–Kier alpha value is -4.47. The first-order valence-corrected chi connectivity index (χ1v) is 15.0. The van der Waals surface area contributed by atoms with Crippen LogP contribution in [0.15, 0.2) is 79.0 Å². The maximum Gasteiger partial charge on any atom is 0.393 e. The predicted octanol–water partition coefficient (Wildman–Crippen LogP) is 8.37. The third-order valence-corrected chi connectivity index (χ3v) is 8.36. The molecule has 4 aromatic rings. The molecule has 1 saturated carbocycles. The van der Waals surface area contributed by atoms with Gasteiger partial charge in [-0.25, -0.2) is 4.98 Å². The zero-order valence-electron chi connectivity index (χ0n) is 25.3. The Kier molecular flexibility index (Phi) is 9.70. The molecule has 2 heterocycles. The highest BCUT2D eigenvalue weighted by Crippen LogP contribution is 2.43. The molecule has 0 spiro atoms. The molecule has 0 saturated heterocycles. The summed E-state index contributed by atoms with van der Waals surface area (Å²) in [4.78, 5) is 17.9. The normalized spacial score (nSPS) is 15.4. The van der Waals surface area contributed by atoms with E-state index in [0.717, 1.165) is 38.5 Å². The molecule has 45 heavy (non-hydrogen) atoms. The molecule has 1 aliphatic carbocycles. The number of likely N-dealkylation sites (N-methyl/N-ethyl adjacent to an activating group) is 1. The number of allylic oxidation sites excluding steroid dienone is 2. The van der Waals surface area contributed by atoms with Crippen LogP contribution in [0.5, 0.6) is 5.88 Å². The number of benzene rings is 2. The standard InChI is InChI=1S/C35H36F4N4O2/c1-43(2)31(44)12-6-7-17-34(18-8-9-19-34)23-45-30-16-14-26(22-40-30)32(25-13-15-29-27(20-25)33(36)42-41-29)28(21-35(37,38)39)24-10-4-3-5-11-24/h3-6,10-16,20,22H,7-9,17-19,21,23H2,1-2H3,(H,41,42)/b12-6+,32-28-. The number of aromatic amines is 1. The lowest BCUT2D eigenvalue weighted by Gasteiger charge is -2.28. The van der Waals surface area contributed by atoms with E-state index in [1.54, 1.807) is 74.8 Å². The summed E-state index contributed by atoms with van der Waals surface area (Å²) in [5, 5.41) is 6.39. The number of halogens is 4. The lowest BCUT2D eigenvalue weighted by Crippen LogP contribution is -2.25. The first-order chi connectivity index (χ1) is 21.5. The number of hydrogen-bond acceptors (Lipinski definition) is 4. The maximum absolute atomic E-state index is 14.5. The van der Waals surface area contributed by atoms with Crippen LogP contribution in [-0.2, 0) is 4.79 Å². The third-order valence-electron chi connectivity index (χ3n) is 8.36. The van der Waals surface area contributed by atoms with Crippen molar-refractivity contribution in [2.24, 2.45) is 5.41 Å². The molecular weight excluding hydrogens is 584 g/mol. The number of fused-ring (bicyclic) bond motifs is 1. The highest BCUT2D eigenvalue weighted by Gasteiger charge is 2.34. The minimum atomic E-state index is -4.50. The van der Waals surface area contributed by atoms with E-state index in [-0.39, 0.29) is 22.3 Å². The van der Waals surface area contributed by atoms with Crippen LogP contribution in [0.4, 0.5) is 17.6 Å². The summed E-state index contributed by atoms with van der Waals surface area (Å²) in [6, 6.07) is 16.5. The molecular formula is C35H36F4N4O2. The SMILES string of the molecule is CN(C)C(=O)/C=C/CCC1(COc2ccc(/C(=C(/CC(F)(F)F)c3ccccc3)c3ccc4n[nH]c(F)c4c3)cn2)CCCC1. The number of amides is 1. The van der Waals surface area contributed by atoms with Crippen molar-refractivity contribution >= 4 is 28.0 Å². The van der Waals surface area contributed by atoms with Gasteiger partial charge in [0.2, 0.25) is 17.7 Å². The van der Waals surface area contributed by atoms with E-state index >= 15 is 0 Å². The van der Waals surface area contributed by atoms with Gasteiger partial charge in [0.1, 0.15) is 0 Å².